The van der Waals surface area contributed by atoms with Gasteiger partial charge in [0.25, 0.3) is 0 Å². The van der Waals surface area contributed by atoms with Crippen molar-refractivity contribution in [2.75, 3.05) is 0 Å². The monoisotopic (exact) mass is 264 g/mol. The van der Waals surface area contributed by atoms with Crippen LogP contribution in [0.2, 0.25) is 0 Å². The predicted molar refractivity (Wildman–Crippen MR) is 72.5 cm³/mol. The topological polar surface area (TPSA) is 92.4 Å². The molecule has 0 spiro atoms. The van der Waals surface area contributed by atoms with Crippen molar-refractivity contribution in [3.05, 3.63) is 35.9 Å². The molecule has 0 fully saturated rings. The number of carbonyl (C=O) groups excluding carboxylic acids is 1. The third-order valence-electron chi connectivity index (χ3n) is 2.87. The normalized spacial score (nSPS) is 13.9. The fourth-order valence-corrected chi connectivity index (χ4v) is 1.73. The summed E-state index contributed by atoms with van der Waals surface area (Å²) in [5.74, 6) is -1.68. The number of aliphatic carboxylic acids is 1. The molecule has 0 aliphatic heterocycles. The van der Waals surface area contributed by atoms with Crippen molar-refractivity contribution in [3.8, 4) is 0 Å². The molecule has 0 aliphatic carbocycles. The van der Waals surface area contributed by atoms with Gasteiger partial charge in [-0.3, -0.25) is 4.79 Å². The second kappa shape index (κ2) is 6.89. The minimum Gasteiger partial charge on any atom is -0.480 e. The van der Waals surface area contributed by atoms with Crippen molar-refractivity contribution in [1.29, 1.82) is 0 Å². The van der Waals surface area contributed by atoms with E-state index in [0.717, 1.165) is 5.56 Å². The van der Waals surface area contributed by atoms with Crippen LogP contribution in [-0.2, 0) is 16.0 Å². The van der Waals surface area contributed by atoms with Crippen LogP contribution in [0.1, 0.15) is 19.4 Å². The first-order valence-corrected chi connectivity index (χ1v) is 6.24. The highest BCUT2D eigenvalue weighted by molar-refractivity contribution is 5.87. The highest BCUT2D eigenvalue weighted by Crippen LogP contribution is 2.05. The van der Waals surface area contributed by atoms with E-state index in [1.807, 2.05) is 30.3 Å². The zero-order valence-corrected chi connectivity index (χ0v) is 11.2. The number of nitrogens with two attached hydrogens (primary N) is 1. The molecule has 104 valence electrons. The summed E-state index contributed by atoms with van der Waals surface area (Å²) in [4.78, 5) is 22.9. The molecule has 4 N–H and O–H groups in total. The van der Waals surface area contributed by atoms with Gasteiger partial charge in [-0.05, 0) is 17.9 Å². The standard InChI is InChI=1S/C14H20N2O3/c1-9(2)12(14(18)19)16-13(17)11(15)8-10-6-4-3-5-7-10/h3-7,9,11-12H,8,15H2,1-2H3,(H,16,17)(H,18,19)/t11?,12-/m1/s1. The maximum atomic E-state index is 11.9. The van der Waals surface area contributed by atoms with Crippen LogP contribution in [0.25, 0.3) is 0 Å². The van der Waals surface area contributed by atoms with Gasteiger partial charge in [-0.1, -0.05) is 44.2 Å². The van der Waals surface area contributed by atoms with Gasteiger partial charge in [-0.25, -0.2) is 4.79 Å². The molecule has 1 aromatic rings. The Kier molecular flexibility index (Phi) is 5.51. The molecule has 5 nitrogen and oxygen atoms in total. The summed E-state index contributed by atoms with van der Waals surface area (Å²) in [6.07, 6.45) is 0.386. The summed E-state index contributed by atoms with van der Waals surface area (Å²) in [6.45, 7) is 3.48. The van der Waals surface area contributed by atoms with Crippen LogP contribution in [0.5, 0.6) is 0 Å². The number of carboxylic acid groups (broad SMARTS) is 1. The van der Waals surface area contributed by atoms with Gasteiger partial charge >= 0.3 is 5.97 Å². The lowest BCUT2D eigenvalue weighted by Gasteiger charge is -2.20. The Balaban J connectivity index is 2.60. The largest absolute Gasteiger partial charge is 0.480 e. The first-order chi connectivity index (χ1) is 8.91. The fourth-order valence-electron chi connectivity index (χ4n) is 1.73. The van der Waals surface area contributed by atoms with Crippen LogP contribution >= 0.6 is 0 Å². The highest BCUT2D eigenvalue weighted by atomic mass is 16.4. The first-order valence-electron chi connectivity index (χ1n) is 6.24. The van der Waals surface area contributed by atoms with Crippen molar-refractivity contribution in [1.82, 2.24) is 5.32 Å². The summed E-state index contributed by atoms with van der Waals surface area (Å²) >= 11 is 0. The highest BCUT2D eigenvalue weighted by Gasteiger charge is 2.25. The fraction of sp³-hybridized carbons (Fsp3) is 0.429. The van der Waals surface area contributed by atoms with Gasteiger partial charge < -0.3 is 16.2 Å². The Labute approximate surface area is 112 Å². The third-order valence-corrected chi connectivity index (χ3v) is 2.87. The molecule has 0 saturated carbocycles. The molecule has 1 rings (SSSR count). The van der Waals surface area contributed by atoms with Gasteiger partial charge in [0.1, 0.15) is 6.04 Å². The molecule has 2 atom stereocenters. The minimum absolute atomic E-state index is 0.189. The zero-order valence-electron chi connectivity index (χ0n) is 11.2. The summed E-state index contributed by atoms with van der Waals surface area (Å²) in [6, 6.07) is 7.72. The van der Waals surface area contributed by atoms with Crippen LogP contribution in [0.4, 0.5) is 0 Å². The average molecular weight is 264 g/mol. The number of rotatable bonds is 6. The number of nitrogens with one attached hydrogen (secondary N) is 1. The van der Waals surface area contributed by atoms with E-state index in [0.29, 0.717) is 6.42 Å². The number of carboxylic acids is 1. The molecule has 0 aliphatic rings. The van der Waals surface area contributed by atoms with Gasteiger partial charge in [0.15, 0.2) is 0 Å². The van der Waals surface area contributed by atoms with Crippen LogP contribution in [-0.4, -0.2) is 29.1 Å². The van der Waals surface area contributed by atoms with Gasteiger partial charge in [-0.15, -0.1) is 0 Å². The second-order valence-electron chi connectivity index (χ2n) is 4.86. The van der Waals surface area contributed by atoms with Gasteiger partial charge in [0.05, 0.1) is 6.04 Å². The smallest absolute Gasteiger partial charge is 0.326 e. The van der Waals surface area contributed by atoms with Crippen molar-refractivity contribution >= 4 is 11.9 Å². The molecule has 0 heterocycles. The van der Waals surface area contributed by atoms with E-state index < -0.39 is 24.0 Å². The van der Waals surface area contributed by atoms with Crippen LogP contribution in [0, 0.1) is 5.92 Å². The minimum atomic E-state index is -1.05. The summed E-state index contributed by atoms with van der Waals surface area (Å²) in [7, 11) is 0. The number of benzene rings is 1. The molecule has 1 unspecified atom stereocenters. The van der Waals surface area contributed by atoms with E-state index in [-0.39, 0.29) is 5.92 Å². The zero-order chi connectivity index (χ0) is 14.4. The molecule has 5 heteroatoms. The van der Waals surface area contributed by atoms with Crippen molar-refractivity contribution in [2.24, 2.45) is 11.7 Å². The van der Waals surface area contributed by atoms with Crippen LogP contribution in [0.3, 0.4) is 0 Å². The van der Waals surface area contributed by atoms with E-state index in [4.69, 9.17) is 10.8 Å². The number of hydrogen-bond acceptors (Lipinski definition) is 3. The maximum Gasteiger partial charge on any atom is 0.326 e. The molecular formula is C14H20N2O3. The predicted octanol–water partition coefficient (Wildman–Crippen LogP) is 0.782. The van der Waals surface area contributed by atoms with Gasteiger partial charge in [-0.2, -0.15) is 0 Å². The van der Waals surface area contributed by atoms with E-state index >= 15 is 0 Å². The van der Waals surface area contributed by atoms with E-state index in [1.54, 1.807) is 13.8 Å². The third kappa shape index (κ3) is 4.71. The molecule has 0 radical (unpaired) electrons. The maximum absolute atomic E-state index is 11.9. The SMILES string of the molecule is CC(C)[C@@H](NC(=O)C(N)Cc1ccccc1)C(=O)O. The van der Waals surface area contributed by atoms with Crippen molar-refractivity contribution < 1.29 is 14.7 Å². The average Bonchev–Trinajstić information content (AvgIpc) is 2.35. The molecule has 19 heavy (non-hydrogen) atoms. The first kappa shape index (κ1) is 15.2. The molecule has 1 aromatic carbocycles. The van der Waals surface area contributed by atoms with Crippen molar-refractivity contribution in [3.63, 3.8) is 0 Å². The van der Waals surface area contributed by atoms with E-state index in [1.165, 1.54) is 0 Å². The van der Waals surface area contributed by atoms with Crippen LogP contribution in [0.15, 0.2) is 30.3 Å². The molecule has 0 aromatic heterocycles. The number of carbonyl (C=O) groups is 2. The number of amides is 1. The lowest BCUT2D eigenvalue weighted by Crippen LogP contribution is -2.51. The lowest BCUT2D eigenvalue weighted by atomic mass is 10.0. The summed E-state index contributed by atoms with van der Waals surface area (Å²) in [5.41, 5.74) is 6.74. The Hall–Kier alpha value is -1.88. The van der Waals surface area contributed by atoms with Crippen LogP contribution < -0.4 is 11.1 Å². The molecule has 1 amide bonds. The van der Waals surface area contributed by atoms with Gasteiger partial charge in [0, 0.05) is 0 Å². The summed E-state index contributed by atoms with van der Waals surface area (Å²) < 4.78 is 0. The Morgan fingerprint density at radius 3 is 2.32 bits per heavy atom. The number of hydrogen-bond donors (Lipinski definition) is 3. The Morgan fingerprint density at radius 2 is 1.84 bits per heavy atom. The van der Waals surface area contributed by atoms with E-state index in [2.05, 4.69) is 5.32 Å². The van der Waals surface area contributed by atoms with Crippen molar-refractivity contribution in [2.45, 2.75) is 32.4 Å². The molecular weight excluding hydrogens is 244 g/mol. The van der Waals surface area contributed by atoms with Gasteiger partial charge in [0.2, 0.25) is 5.91 Å². The molecule has 0 saturated heterocycles. The summed E-state index contributed by atoms with van der Waals surface area (Å²) in [5, 5.41) is 11.5. The quantitative estimate of drug-likeness (QED) is 0.708. The van der Waals surface area contributed by atoms with E-state index in [9.17, 15) is 9.59 Å². The Bertz CT molecular complexity index is 432. The second-order valence-corrected chi connectivity index (χ2v) is 4.86. The molecule has 0 bridgehead atoms. The lowest BCUT2D eigenvalue weighted by molar-refractivity contribution is -0.143. The Morgan fingerprint density at radius 1 is 1.26 bits per heavy atom.